The largest absolute Gasteiger partial charge is 0.480 e. The number of allylic oxidation sites excluding steroid dienone is 1. The highest BCUT2D eigenvalue weighted by Crippen LogP contribution is 2.04. The van der Waals surface area contributed by atoms with Crippen molar-refractivity contribution < 1.29 is 14.5 Å². The number of hydrogen-bond acceptors (Lipinski definition) is 6. The predicted octanol–water partition coefficient (Wildman–Crippen LogP) is 2.43. The number of aliphatic carboxylic acids is 1. The van der Waals surface area contributed by atoms with Gasteiger partial charge in [0.15, 0.2) is 0 Å². The fourth-order valence-corrected chi connectivity index (χ4v) is 1.34. The van der Waals surface area contributed by atoms with Gasteiger partial charge >= 0.3 is 5.97 Å². The van der Waals surface area contributed by atoms with Crippen molar-refractivity contribution in [1.29, 1.82) is 0 Å². The second-order valence-electron chi connectivity index (χ2n) is 2.74. The van der Waals surface area contributed by atoms with Gasteiger partial charge in [0.25, 0.3) is 0 Å². The molecule has 0 unspecified atom stereocenters. The van der Waals surface area contributed by atoms with Crippen molar-refractivity contribution in [2.75, 3.05) is 12.3 Å². The van der Waals surface area contributed by atoms with Crippen LogP contribution in [-0.2, 0) is 4.79 Å². The summed E-state index contributed by atoms with van der Waals surface area (Å²) in [4.78, 5) is 11.2. The first-order chi connectivity index (χ1) is 7.40. The minimum absolute atomic E-state index is 0.243. The number of rotatable bonds is 6. The van der Waals surface area contributed by atoms with Gasteiger partial charge in [0.05, 0.1) is 0 Å². The standard InChI is InChI=1S/C6H11NO2S2.C3H6OS/c1-2-3-7(11)5(4-10)6(8)9;1-3(2)5-4/h2,5,10-11H,1,3-4H2,(H,8,9);4H,1H2,2H3/t5-;/m1./s1. The Morgan fingerprint density at radius 2 is 2.12 bits per heavy atom. The monoisotopic (exact) mass is 283 g/mol. The minimum atomic E-state index is -0.920. The SMILES string of the molecule is C=C(C)SO.C=CCN(S)[C@H](CS)C(=O)O. The van der Waals surface area contributed by atoms with E-state index in [4.69, 9.17) is 9.66 Å². The van der Waals surface area contributed by atoms with E-state index in [9.17, 15) is 4.79 Å². The fourth-order valence-electron chi connectivity index (χ4n) is 0.559. The molecular weight excluding hydrogens is 266 g/mol. The second kappa shape index (κ2) is 11.4. The van der Waals surface area contributed by atoms with Gasteiger partial charge in [0, 0.05) is 29.2 Å². The Balaban J connectivity index is 0. The van der Waals surface area contributed by atoms with Gasteiger partial charge in [-0.05, 0) is 6.92 Å². The lowest BCUT2D eigenvalue weighted by Gasteiger charge is -2.19. The third kappa shape index (κ3) is 10.4. The molecule has 0 aliphatic heterocycles. The highest BCUT2D eigenvalue weighted by atomic mass is 32.2. The molecule has 0 aromatic rings. The first-order valence-corrected chi connectivity index (χ1v) is 6.08. The molecule has 0 aliphatic rings. The highest BCUT2D eigenvalue weighted by molar-refractivity contribution is 7.97. The molecule has 7 heteroatoms. The van der Waals surface area contributed by atoms with Crippen molar-refractivity contribution in [3.8, 4) is 0 Å². The Kier molecular flexibility index (Phi) is 13.0. The van der Waals surface area contributed by atoms with Gasteiger partial charge in [0.2, 0.25) is 0 Å². The van der Waals surface area contributed by atoms with Crippen LogP contribution in [0.15, 0.2) is 24.1 Å². The van der Waals surface area contributed by atoms with E-state index in [1.54, 1.807) is 13.0 Å². The van der Waals surface area contributed by atoms with Crippen molar-refractivity contribution >= 4 is 43.5 Å². The summed E-state index contributed by atoms with van der Waals surface area (Å²) in [5.41, 5.74) is 0. The van der Waals surface area contributed by atoms with Crippen LogP contribution in [0.1, 0.15) is 6.92 Å². The molecule has 0 bridgehead atoms. The van der Waals surface area contributed by atoms with Crippen LogP contribution < -0.4 is 0 Å². The van der Waals surface area contributed by atoms with E-state index >= 15 is 0 Å². The van der Waals surface area contributed by atoms with E-state index in [0.717, 1.165) is 4.91 Å². The van der Waals surface area contributed by atoms with Gasteiger partial charge < -0.3 is 9.66 Å². The fraction of sp³-hybridized carbons (Fsp3) is 0.444. The molecule has 0 radical (unpaired) electrons. The lowest BCUT2D eigenvalue weighted by atomic mass is 10.3. The molecule has 0 spiro atoms. The summed E-state index contributed by atoms with van der Waals surface area (Å²) >= 11 is 8.52. The topological polar surface area (TPSA) is 60.8 Å². The maximum atomic E-state index is 10.5. The molecule has 2 N–H and O–H groups in total. The third-order valence-electron chi connectivity index (χ3n) is 1.29. The number of carboxylic acid groups (broad SMARTS) is 1. The van der Waals surface area contributed by atoms with Gasteiger partial charge in [-0.1, -0.05) is 25.5 Å². The number of carboxylic acids is 1. The second-order valence-corrected chi connectivity index (χ2v) is 4.50. The molecule has 0 fully saturated rings. The summed E-state index contributed by atoms with van der Waals surface area (Å²) in [6.45, 7) is 9.03. The first-order valence-electron chi connectivity index (χ1n) is 4.27. The van der Waals surface area contributed by atoms with E-state index < -0.39 is 12.0 Å². The van der Waals surface area contributed by atoms with Crippen molar-refractivity contribution in [3.05, 3.63) is 24.1 Å². The first kappa shape index (κ1) is 18.3. The maximum absolute atomic E-state index is 10.5. The molecule has 94 valence electrons. The predicted molar refractivity (Wildman–Crippen MR) is 76.2 cm³/mol. The summed E-state index contributed by atoms with van der Waals surface area (Å²) < 4.78 is 9.34. The van der Waals surface area contributed by atoms with E-state index in [1.165, 1.54) is 4.31 Å². The zero-order chi connectivity index (χ0) is 13.1. The summed E-state index contributed by atoms with van der Waals surface area (Å²) in [7, 11) is 0. The highest BCUT2D eigenvalue weighted by Gasteiger charge is 2.20. The zero-order valence-corrected chi connectivity index (χ0v) is 11.6. The van der Waals surface area contributed by atoms with Gasteiger partial charge in [0.1, 0.15) is 6.04 Å². The van der Waals surface area contributed by atoms with Gasteiger partial charge in [-0.2, -0.15) is 12.6 Å². The van der Waals surface area contributed by atoms with Crippen molar-refractivity contribution in [3.63, 3.8) is 0 Å². The number of nitrogens with zero attached hydrogens (tertiary/aromatic N) is 1. The van der Waals surface area contributed by atoms with E-state index in [-0.39, 0.29) is 5.75 Å². The average molecular weight is 283 g/mol. The van der Waals surface area contributed by atoms with Gasteiger partial charge in [-0.15, -0.1) is 6.58 Å². The summed E-state index contributed by atoms with van der Waals surface area (Å²) in [6, 6.07) is -0.653. The third-order valence-corrected chi connectivity index (χ3v) is 2.39. The lowest BCUT2D eigenvalue weighted by molar-refractivity contribution is -0.140. The molecule has 1 atom stereocenters. The van der Waals surface area contributed by atoms with E-state index in [2.05, 4.69) is 38.6 Å². The number of hydrogen-bond donors (Lipinski definition) is 4. The smallest absolute Gasteiger partial charge is 0.322 e. The molecule has 0 rings (SSSR count). The Morgan fingerprint density at radius 1 is 1.69 bits per heavy atom. The van der Waals surface area contributed by atoms with Gasteiger partial charge in [-0.25, -0.2) is 4.31 Å². The van der Waals surface area contributed by atoms with Crippen LogP contribution in [0.25, 0.3) is 0 Å². The molecule has 0 heterocycles. The Hall–Kier alpha value is -0.0800. The molecule has 0 aromatic carbocycles. The normalized spacial score (nSPS) is 11.3. The Morgan fingerprint density at radius 3 is 2.31 bits per heavy atom. The molecule has 0 amide bonds. The molecule has 0 saturated heterocycles. The molecule has 16 heavy (non-hydrogen) atoms. The van der Waals surface area contributed by atoms with Crippen LogP contribution >= 0.6 is 37.5 Å². The summed E-state index contributed by atoms with van der Waals surface area (Å²) in [6.07, 6.45) is 1.59. The molecular formula is C9H17NO3S3. The van der Waals surface area contributed by atoms with Crippen LogP contribution in [0.2, 0.25) is 0 Å². The van der Waals surface area contributed by atoms with Crippen molar-refractivity contribution in [1.82, 2.24) is 4.31 Å². The Bertz CT molecular complexity index is 236. The maximum Gasteiger partial charge on any atom is 0.322 e. The quantitative estimate of drug-likeness (QED) is 0.343. The van der Waals surface area contributed by atoms with Crippen LogP contribution in [0.3, 0.4) is 0 Å². The number of carbonyl (C=O) groups is 1. The van der Waals surface area contributed by atoms with Crippen LogP contribution in [-0.4, -0.2) is 38.3 Å². The number of thiol groups is 2. The minimum Gasteiger partial charge on any atom is -0.480 e. The average Bonchev–Trinajstić information content (AvgIpc) is 2.19. The van der Waals surface area contributed by atoms with Crippen molar-refractivity contribution in [2.45, 2.75) is 13.0 Å². The Labute approximate surface area is 112 Å². The van der Waals surface area contributed by atoms with Gasteiger partial charge in [-0.3, -0.25) is 4.79 Å². The molecule has 0 aliphatic carbocycles. The zero-order valence-electron chi connectivity index (χ0n) is 9.04. The van der Waals surface area contributed by atoms with Crippen LogP contribution in [0.5, 0.6) is 0 Å². The van der Waals surface area contributed by atoms with Crippen molar-refractivity contribution in [2.24, 2.45) is 0 Å². The van der Waals surface area contributed by atoms with Crippen LogP contribution in [0, 0.1) is 0 Å². The molecule has 0 saturated carbocycles. The lowest BCUT2D eigenvalue weighted by Crippen LogP contribution is -2.36. The molecule has 0 aromatic heterocycles. The summed E-state index contributed by atoms with van der Waals surface area (Å²) in [5, 5.41) is 8.60. The van der Waals surface area contributed by atoms with E-state index in [0.29, 0.717) is 18.6 Å². The van der Waals surface area contributed by atoms with E-state index in [1.807, 2.05) is 0 Å². The molecule has 4 nitrogen and oxygen atoms in total. The summed E-state index contributed by atoms with van der Waals surface area (Å²) in [5.74, 6) is -0.677. The van der Waals surface area contributed by atoms with Crippen LogP contribution in [0.4, 0.5) is 0 Å².